The Balaban J connectivity index is 1.50. The number of aromatic carboxylic acids is 1. The van der Waals surface area contributed by atoms with E-state index >= 15 is 0 Å². The number of pyridine rings is 1. The topological polar surface area (TPSA) is 70.1 Å². The van der Waals surface area contributed by atoms with Gasteiger partial charge in [-0.05, 0) is 75.3 Å². The maximum Gasteiger partial charge on any atom is 0.149 e. The maximum absolute atomic E-state index is 13.0. The molecule has 0 saturated heterocycles. The van der Waals surface area contributed by atoms with Crippen LogP contribution in [0, 0.1) is 30.1 Å². The third kappa shape index (κ3) is 2.77. The van der Waals surface area contributed by atoms with Crippen molar-refractivity contribution >= 4 is 23.5 Å². The van der Waals surface area contributed by atoms with E-state index in [4.69, 9.17) is 0 Å². The Morgan fingerprint density at radius 3 is 2.29 bits per heavy atom. The molecule has 0 amide bonds. The maximum atomic E-state index is 13.0. The van der Waals surface area contributed by atoms with Gasteiger partial charge in [-0.3, -0.25) is 4.79 Å². The van der Waals surface area contributed by atoms with Crippen molar-refractivity contribution in [2.24, 2.45) is 23.2 Å². The molecule has 0 aromatic carbocycles. The Bertz CT molecular complexity index is 665. The normalized spacial score (nSPS) is 33.6. The molecule has 4 nitrogen and oxygen atoms in total. The van der Waals surface area contributed by atoms with E-state index in [2.05, 4.69) is 4.98 Å². The van der Waals surface area contributed by atoms with Gasteiger partial charge in [0.2, 0.25) is 0 Å². The van der Waals surface area contributed by atoms with Crippen LogP contribution in [0.4, 0.5) is 0 Å². The standard InChI is InChI=1S/C19H23NO3S/c1-11-2-3-15(18(22)23)17(20-11)24-10-16(21)19-7-12-4-13(8-19)6-14(5-12)9-19/h2-3,12-14H,4-10H2,1H3,(H,22,23)/p-1. The van der Waals surface area contributed by atoms with E-state index in [0.29, 0.717) is 16.6 Å². The number of rotatable bonds is 5. The highest BCUT2D eigenvalue weighted by molar-refractivity contribution is 8.00. The van der Waals surface area contributed by atoms with Crippen molar-refractivity contribution in [3.8, 4) is 0 Å². The van der Waals surface area contributed by atoms with Gasteiger partial charge in [-0.15, -0.1) is 0 Å². The van der Waals surface area contributed by atoms with Crippen LogP contribution in [0.5, 0.6) is 0 Å². The Kier molecular flexibility index (Phi) is 3.94. The molecule has 4 aliphatic rings. The average Bonchev–Trinajstić information content (AvgIpc) is 2.51. The van der Waals surface area contributed by atoms with Crippen molar-refractivity contribution in [2.45, 2.75) is 50.5 Å². The van der Waals surface area contributed by atoms with Gasteiger partial charge in [-0.1, -0.05) is 11.8 Å². The highest BCUT2D eigenvalue weighted by atomic mass is 32.2. The van der Waals surface area contributed by atoms with Crippen LogP contribution in [0.3, 0.4) is 0 Å². The fourth-order valence-electron chi connectivity index (χ4n) is 5.54. The number of carbonyl (C=O) groups excluding carboxylic acids is 2. The molecule has 5 heteroatoms. The van der Waals surface area contributed by atoms with E-state index in [1.807, 2.05) is 6.92 Å². The predicted molar refractivity (Wildman–Crippen MR) is 89.6 cm³/mol. The van der Waals surface area contributed by atoms with E-state index in [1.165, 1.54) is 37.1 Å². The first kappa shape index (κ1) is 16.1. The fourth-order valence-corrected chi connectivity index (χ4v) is 6.63. The number of thioether (sulfide) groups is 1. The molecule has 0 N–H and O–H groups in total. The van der Waals surface area contributed by atoms with Gasteiger partial charge < -0.3 is 9.90 Å². The fraction of sp³-hybridized carbons (Fsp3) is 0.632. The first-order valence-electron chi connectivity index (χ1n) is 8.80. The molecule has 0 spiro atoms. The van der Waals surface area contributed by atoms with Crippen LogP contribution < -0.4 is 5.11 Å². The quantitative estimate of drug-likeness (QED) is 0.768. The summed E-state index contributed by atoms with van der Waals surface area (Å²) >= 11 is 1.27. The number of hydrogen-bond donors (Lipinski definition) is 0. The third-order valence-corrected chi connectivity index (χ3v) is 7.18. The number of ketones is 1. The number of aromatic nitrogens is 1. The number of nitrogens with zero attached hydrogens (tertiary/aromatic N) is 1. The lowest BCUT2D eigenvalue weighted by molar-refractivity contribution is -0.255. The molecule has 1 heterocycles. The Hall–Kier alpha value is -1.36. The Morgan fingerprint density at radius 1 is 1.17 bits per heavy atom. The highest BCUT2D eigenvalue weighted by Crippen LogP contribution is 2.60. The minimum Gasteiger partial charge on any atom is -0.545 e. The van der Waals surface area contributed by atoms with Crippen LogP contribution in [0.2, 0.25) is 0 Å². The number of aryl methyl sites for hydroxylation is 1. The summed E-state index contributed by atoms with van der Waals surface area (Å²) in [7, 11) is 0. The molecule has 0 radical (unpaired) electrons. The van der Waals surface area contributed by atoms with Crippen molar-refractivity contribution in [2.75, 3.05) is 5.75 Å². The van der Waals surface area contributed by atoms with Crippen molar-refractivity contribution in [3.63, 3.8) is 0 Å². The van der Waals surface area contributed by atoms with E-state index in [-0.39, 0.29) is 11.0 Å². The van der Waals surface area contributed by atoms with Crippen LogP contribution in [0.1, 0.15) is 54.6 Å². The smallest absolute Gasteiger partial charge is 0.149 e. The minimum atomic E-state index is -1.23. The van der Waals surface area contributed by atoms with Gasteiger partial charge in [0.25, 0.3) is 0 Å². The first-order chi connectivity index (χ1) is 11.4. The zero-order valence-corrected chi connectivity index (χ0v) is 14.7. The second kappa shape index (κ2) is 5.87. The number of hydrogen-bond acceptors (Lipinski definition) is 5. The molecule has 1 aromatic rings. The van der Waals surface area contributed by atoms with Gasteiger partial charge >= 0.3 is 0 Å². The summed E-state index contributed by atoms with van der Waals surface area (Å²) in [6.07, 6.45) is 7.09. The SMILES string of the molecule is Cc1ccc(C(=O)[O-])c(SCC(=O)C23CC4CC(CC(C4)C2)C3)n1. The number of carboxylic acids is 1. The highest BCUT2D eigenvalue weighted by Gasteiger charge is 2.54. The summed E-state index contributed by atoms with van der Waals surface area (Å²) in [4.78, 5) is 28.6. The van der Waals surface area contributed by atoms with Gasteiger partial charge in [0.05, 0.1) is 11.7 Å². The van der Waals surface area contributed by atoms with E-state index in [1.54, 1.807) is 6.07 Å². The molecule has 4 aliphatic carbocycles. The van der Waals surface area contributed by atoms with Gasteiger partial charge in [0, 0.05) is 16.7 Å². The molecular formula is C19H22NO3S-. The number of carbonyl (C=O) groups is 2. The van der Waals surface area contributed by atoms with Gasteiger partial charge in [0.1, 0.15) is 10.8 Å². The Morgan fingerprint density at radius 2 is 1.75 bits per heavy atom. The molecule has 1 aromatic heterocycles. The molecule has 0 aliphatic heterocycles. The average molecular weight is 344 g/mol. The molecule has 128 valence electrons. The lowest BCUT2D eigenvalue weighted by Gasteiger charge is -2.56. The van der Waals surface area contributed by atoms with Crippen LogP contribution in [-0.4, -0.2) is 22.5 Å². The lowest BCUT2D eigenvalue weighted by Crippen LogP contribution is -2.50. The van der Waals surface area contributed by atoms with Crippen LogP contribution in [-0.2, 0) is 4.79 Å². The van der Waals surface area contributed by atoms with Crippen molar-refractivity contribution in [3.05, 3.63) is 23.4 Å². The van der Waals surface area contributed by atoms with Crippen LogP contribution in [0.15, 0.2) is 17.2 Å². The molecule has 5 rings (SSSR count). The van der Waals surface area contributed by atoms with E-state index in [9.17, 15) is 14.7 Å². The monoisotopic (exact) mass is 344 g/mol. The third-order valence-electron chi connectivity index (χ3n) is 6.19. The summed E-state index contributed by atoms with van der Waals surface area (Å²) in [5, 5.41) is 11.7. The zero-order valence-electron chi connectivity index (χ0n) is 13.9. The molecule has 4 fully saturated rings. The predicted octanol–water partition coefficient (Wildman–Crippen LogP) is 2.63. The molecular weight excluding hydrogens is 322 g/mol. The van der Waals surface area contributed by atoms with Crippen molar-refractivity contribution < 1.29 is 14.7 Å². The molecule has 0 unspecified atom stereocenters. The van der Waals surface area contributed by atoms with E-state index < -0.39 is 5.97 Å². The summed E-state index contributed by atoms with van der Waals surface area (Å²) in [6, 6.07) is 3.19. The van der Waals surface area contributed by atoms with Gasteiger partial charge in [0.15, 0.2) is 0 Å². The second-order valence-corrected chi connectivity index (χ2v) is 8.97. The second-order valence-electron chi connectivity index (χ2n) is 8.00. The minimum absolute atomic E-state index is 0.0870. The lowest BCUT2D eigenvalue weighted by atomic mass is 9.48. The number of carboxylic acid groups (broad SMARTS) is 1. The summed E-state index contributed by atoms with van der Waals surface area (Å²) in [5.41, 5.74) is 0.710. The summed E-state index contributed by atoms with van der Waals surface area (Å²) in [5.74, 6) is 1.61. The molecule has 0 atom stereocenters. The van der Waals surface area contributed by atoms with E-state index in [0.717, 1.165) is 42.7 Å². The molecule has 24 heavy (non-hydrogen) atoms. The van der Waals surface area contributed by atoms with Gasteiger partial charge in [-0.25, -0.2) is 4.98 Å². The largest absolute Gasteiger partial charge is 0.545 e. The van der Waals surface area contributed by atoms with Crippen molar-refractivity contribution in [1.82, 2.24) is 4.98 Å². The summed E-state index contributed by atoms with van der Waals surface area (Å²) in [6.45, 7) is 1.82. The van der Waals surface area contributed by atoms with Crippen LogP contribution in [0.25, 0.3) is 0 Å². The van der Waals surface area contributed by atoms with Crippen LogP contribution >= 0.6 is 11.8 Å². The molecule has 4 bridgehead atoms. The Labute approximate surface area is 146 Å². The van der Waals surface area contributed by atoms with Crippen molar-refractivity contribution in [1.29, 1.82) is 0 Å². The number of Topliss-reactive ketones (excluding diaryl/α,β-unsaturated/α-hetero) is 1. The molecule has 4 saturated carbocycles. The summed E-state index contributed by atoms with van der Waals surface area (Å²) < 4.78 is 0. The zero-order chi connectivity index (χ0) is 16.9. The first-order valence-corrected chi connectivity index (χ1v) is 9.79. The van der Waals surface area contributed by atoms with Gasteiger partial charge in [-0.2, -0.15) is 0 Å².